The summed E-state index contributed by atoms with van der Waals surface area (Å²) in [7, 11) is 1.48. The Hall–Kier alpha value is -1.98. The van der Waals surface area contributed by atoms with Gasteiger partial charge in [-0.25, -0.2) is 4.79 Å². The number of aliphatic imine (C=N–C) groups is 1. The second kappa shape index (κ2) is 4.15. The topological polar surface area (TPSA) is 92.6 Å². The van der Waals surface area contributed by atoms with Gasteiger partial charge in [-0.1, -0.05) is 0 Å². The minimum Gasteiger partial charge on any atom is -0.470 e. The molecule has 0 aromatic carbocycles. The molecule has 0 aliphatic carbocycles. The largest absolute Gasteiger partial charge is 0.470 e. The molecule has 6 nitrogen and oxygen atoms in total. The Morgan fingerprint density at radius 1 is 1.69 bits per heavy atom. The van der Waals surface area contributed by atoms with Crippen molar-refractivity contribution in [1.29, 1.82) is 0 Å². The molecule has 0 bridgehead atoms. The summed E-state index contributed by atoms with van der Waals surface area (Å²) in [6.07, 6.45) is 2.85. The van der Waals surface area contributed by atoms with Gasteiger partial charge in [-0.3, -0.25) is 10.3 Å². The van der Waals surface area contributed by atoms with Crippen LogP contribution in [0.2, 0.25) is 0 Å². The highest BCUT2D eigenvalue weighted by atomic mass is 16.3. The van der Waals surface area contributed by atoms with Gasteiger partial charge in [0.25, 0.3) is 0 Å². The summed E-state index contributed by atoms with van der Waals surface area (Å²) in [6, 6.07) is 1.16. The number of urea groups is 1. The SMILES string of the molecule is CN=C(N)NC(=O)Nc1ccoc1. The fourth-order valence-electron chi connectivity index (χ4n) is 0.670. The highest BCUT2D eigenvalue weighted by Crippen LogP contribution is 2.05. The Morgan fingerprint density at radius 3 is 3.00 bits per heavy atom. The van der Waals surface area contributed by atoms with Crippen molar-refractivity contribution in [3.63, 3.8) is 0 Å². The summed E-state index contributed by atoms with van der Waals surface area (Å²) in [5.41, 5.74) is 5.81. The Balaban J connectivity index is 2.43. The molecule has 1 heterocycles. The van der Waals surface area contributed by atoms with Crippen LogP contribution >= 0.6 is 0 Å². The maximum absolute atomic E-state index is 11.1. The molecule has 2 amide bonds. The molecule has 1 rings (SSSR count). The van der Waals surface area contributed by atoms with Crippen LogP contribution in [0, 0.1) is 0 Å². The number of carbonyl (C=O) groups excluding carboxylic acids is 1. The summed E-state index contributed by atoms with van der Waals surface area (Å²) in [6.45, 7) is 0. The molecule has 0 atom stereocenters. The van der Waals surface area contributed by atoms with Crippen molar-refractivity contribution in [3.8, 4) is 0 Å². The van der Waals surface area contributed by atoms with Crippen molar-refractivity contribution < 1.29 is 9.21 Å². The highest BCUT2D eigenvalue weighted by Gasteiger charge is 2.02. The Bertz CT molecular complexity index is 304. The number of hydrogen-bond donors (Lipinski definition) is 3. The lowest BCUT2D eigenvalue weighted by atomic mass is 10.5. The van der Waals surface area contributed by atoms with Crippen molar-refractivity contribution in [3.05, 3.63) is 18.6 Å². The molecule has 0 fully saturated rings. The number of rotatable bonds is 1. The van der Waals surface area contributed by atoms with Gasteiger partial charge in [0.05, 0.1) is 12.0 Å². The molecule has 70 valence electrons. The van der Waals surface area contributed by atoms with Crippen LogP contribution in [-0.2, 0) is 0 Å². The quantitative estimate of drug-likeness (QED) is 0.432. The van der Waals surface area contributed by atoms with Crippen LogP contribution in [-0.4, -0.2) is 19.0 Å². The van der Waals surface area contributed by atoms with Gasteiger partial charge in [-0.05, 0) is 0 Å². The molecule has 0 saturated carbocycles. The van der Waals surface area contributed by atoms with Gasteiger partial charge < -0.3 is 15.5 Å². The van der Waals surface area contributed by atoms with Gasteiger partial charge in [-0.15, -0.1) is 0 Å². The molecule has 0 aliphatic rings. The van der Waals surface area contributed by atoms with E-state index in [4.69, 9.17) is 10.2 Å². The summed E-state index contributed by atoms with van der Waals surface area (Å²) in [4.78, 5) is 14.6. The van der Waals surface area contributed by atoms with Crippen molar-refractivity contribution in [2.45, 2.75) is 0 Å². The normalized spacial score (nSPS) is 11.0. The standard InChI is InChI=1S/C7H10N4O2/c1-9-6(8)11-7(12)10-5-2-3-13-4-5/h2-4H,1H3,(H4,8,9,10,11,12). The van der Waals surface area contributed by atoms with E-state index < -0.39 is 6.03 Å². The van der Waals surface area contributed by atoms with Gasteiger partial charge >= 0.3 is 6.03 Å². The summed E-state index contributed by atoms with van der Waals surface area (Å²) in [5, 5.41) is 4.79. The number of carbonyl (C=O) groups is 1. The van der Waals surface area contributed by atoms with Gasteiger partial charge in [0.1, 0.15) is 6.26 Å². The second-order valence-electron chi connectivity index (χ2n) is 2.20. The monoisotopic (exact) mass is 182 g/mol. The van der Waals surface area contributed by atoms with E-state index in [0.29, 0.717) is 5.69 Å². The molecule has 1 aromatic heterocycles. The third-order valence-electron chi connectivity index (χ3n) is 1.26. The van der Waals surface area contributed by atoms with Crippen LogP contribution in [0.4, 0.5) is 10.5 Å². The molecule has 4 N–H and O–H groups in total. The van der Waals surface area contributed by atoms with E-state index >= 15 is 0 Å². The minimum absolute atomic E-state index is 0.0565. The number of anilines is 1. The number of nitrogens with zero attached hydrogens (tertiary/aromatic N) is 1. The Labute approximate surface area is 74.8 Å². The molecule has 0 radical (unpaired) electrons. The molecule has 0 spiro atoms. The summed E-state index contributed by atoms with van der Waals surface area (Å²) >= 11 is 0. The first-order chi connectivity index (χ1) is 6.22. The van der Waals surface area contributed by atoms with Crippen LogP contribution < -0.4 is 16.4 Å². The first-order valence-corrected chi connectivity index (χ1v) is 3.55. The smallest absolute Gasteiger partial charge is 0.326 e. The molecule has 0 aliphatic heterocycles. The highest BCUT2D eigenvalue weighted by molar-refractivity contribution is 6.01. The van der Waals surface area contributed by atoms with Crippen molar-refractivity contribution >= 4 is 17.7 Å². The number of amides is 2. The van der Waals surface area contributed by atoms with Crippen LogP contribution in [0.15, 0.2) is 28.0 Å². The van der Waals surface area contributed by atoms with Crippen LogP contribution in [0.5, 0.6) is 0 Å². The zero-order valence-electron chi connectivity index (χ0n) is 7.07. The van der Waals surface area contributed by atoms with Crippen molar-refractivity contribution in [1.82, 2.24) is 5.32 Å². The zero-order chi connectivity index (χ0) is 9.68. The molecule has 1 aromatic rings. The van der Waals surface area contributed by atoms with E-state index in [9.17, 15) is 4.79 Å². The first-order valence-electron chi connectivity index (χ1n) is 3.55. The van der Waals surface area contributed by atoms with Crippen molar-refractivity contribution in [2.24, 2.45) is 10.7 Å². The van der Waals surface area contributed by atoms with Gasteiger partial charge in [0, 0.05) is 13.1 Å². The number of nitrogens with two attached hydrogens (primary N) is 1. The number of furan rings is 1. The Kier molecular flexibility index (Phi) is 2.91. The molecule has 0 saturated heterocycles. The maximum Gasteiger partial charge on any atom is 0.326 e. The zero-order valence-corrected chi connectivity index (χ0v) is 7.07. The van der Waals surface area contributed by atoms with E-state index in [-0.39, 0.29) is 5.96 Å². The Morgan fingerprint density at radius 2 is 2.46 bits per heavy atom. The van der Waals surface area contributed by atoms with Gasteiger partial charge in [-0.2, -0.15) is 0 Å². The van der Waals surface area contributed by atoms with E-state index in [1.54, 1.807) is 6.07 Å². The predicted molar refractivity (Wildman–Crippen MR) is 48.4 cm³/mol. The fourth-order valence-corrected chi connectivity index (χ4v) is 0.670. The number of nitrogens with one attached hydrogen (secondary N) is 2. The average molecular weight is 182 g/mol. The maximum atomic E-state index is 11.1. The van der Waals surface area contributed by atoms with Gasteiger partial charge in [0.15, 0.2) is 5.96 Å². The van der Waals surface area contributed by atoms with E-state index in [1.807, 2.05) is 0 Å². The lowest BCUT2D eigenvalue weighted by Gasteiger charge is -2.03. The lowest BCUT2D eigenvalue weighted by Crippen LogP contribution is -2.39. The van der Waals surface area contributed by atoms with Crippen LogP contribution in [0.25, 0.3) is 0 Å². The molecule has 6 heteroatoms. The minimum atomic E-state index is -0.454. The molecule has 13 heavy (non-hydrogen) atoms. The first kappa shape index (κ1) is 9.11. The number of guanidine groups is 1. The third kappa shape index (κ3) is 2.86. The average Bonchev–Trinajstić information content (AvgIpc) is 2.56. The van der Waals surface area contributed by atoms with Gasteiger partial charge in [0.2, 0.25) is 0 Å². The van der Waals surface area contributed by atoms with E-state index in [2.05, 4.69) is 15.6 Å². The number of hydrogen-bond acceptors (Lipinski definition) is 3. The van der Waals surface area contributed by atoms with Crippen LogP contribution in [0.1, 0.15) is 0 Å². The third-order valence-corrected chi connectivity index (χ3v) is 1.26. The van der Waals surface area contributed by atoms with E-state index in [1.165, 1.54) is 19.6 Å². The molecule has 0 unspecified atom stereocenters. The lowest BCUT2D eigenvalue weighted by molar-refractivity contribution is 0.256. The van der Waals surface area contributed by atoms with Crippen molar-refractivity contribution in [2.75, 3.05) is 12.4 Å². The van der Waals surface area contributed by atoms with E-state index in [0.717, 1.165) is 0 Å². The summed E-state index contributed by atoms with van der Waals surface area (Å²) < 4.78 is 4.74. The summed E-state index contributed by atoms with van der Waals surface area (Å²) in [5.74, 6) is 0.0565. The fraction of sp³-hybridized carbons (Fsp3) is 0.143. The predicted octanol–water partition coefficient (Wildman–Crippen LogP) is 0.346. The molecular formula is C7H10N4O2. The molecular weight excluding hydrogens is 172 g/mol. The van der Waals surface area contributed by atoms with Crippen LogP contribution in [0.3, 0.4) is 0 Å². The second-order valence-corrected chi connectivity index (χ2v) is 2.20.